The minimum Gasteiger partial charge on any atom is -0.339 e. The van der Waals surface area contributed by atoms with E-state index in [4.69, 9.17) is 10.3 Å². The van der Waals surface area contributed by atoms with Crippen LogP contribution in [0, 0.1) is 5.41 Å². The Morgan fingerprint density at radius 1 is 1.17 bits per heavy atom. The van der Waals surface area contributed by atoms with Crippen LogP contribution in [0.15, 0.2) is 4.52 Å². The summed E-state index contributed by atoms with van der Waals surface area (Å²) in [5.74, 6) is 1.70. The molecule has 0 spiro atoms. The van der Waals surface area contributed by atoms with E-state index in [-0.39, 0.29) is 10.8 Å². The van der Waals surface area contributed by atoms with Crippen LogP contribution in [0.5, 0.6) is 0 Å². The maximum absolute atomic E-state index is 6.00. The Bertz CT molecular complexity index is 416. The van der Waals surface area contributed by atoms with Crippen molar-refractivity contribution in [3.05, 3.63) is 11.7 Å². The molecule has 0 unspecified atom stereocenters. The smallest absolute Gasteiger partial charge is 0.227 e. The van der Waals surface area contributed by atoms with E-state index in [2.05, 4.69) is 17.1 Å². The second-order valence-corrected chi connectivity index (χ2v) is 6.51. The first-order chi connectivity index (χ1) is 8.66. The van der Waals surface area contributed by atoms with Crippen molar-refractivity contribution >= 4 is 0 Å². The summed E-state index contributed by atoms with van der Waals surface area (Å²) in [7, 11) is 0. The quantitative estimate of drug-likeness (QED) is 0.890. The number of aromatic nitrogens is 2. The van der Waals surface area contributed by atoms with Crippen molar-refractivity contribution in [3.63, 3.8) is 0 Å². The number of nitrogens with two attached hydrogens (primary N) is 1. The van der Waals surface area contributed by atoms with Crippen molar-refractivity contribution in [1.82, 2.24) is 10.1 Å². The molecule has 4 heteroatoms. The zero-order valence-corrected chi connectivity index (χ0v) is 11.2. The van der Waals surface area contributed by atoms with Gasteiger partial charge >= 0.3 is 0 Å². The van der Waals surface area contributed by atoms with Gasteiger partial charge in [-0.1, -0.05) is 31.3 Å². The lowest BCUT2D eigenvalue weighted by Crippen LogP contribution is -2.35. The van der Waals surface area contributed by atoms with Crippen molar-refractivity contribution in [1.29, 1.82) is 0 Å². The van der Waals surface area contributed by atoms with E-state index < -0.39 is 0 Å². The fraction of sp³-hybridized carbons (Fsp3) is 0.857. The number of hydrogen-bond acceptors (Lipinski definition) is 4. The summed E-state index contributed by atoms with van der Waals surface area (Å²) in [5.41, 5.74) is 6.41. The van der Waals surface area contributed by atoms with Crippen molar-refractivity contribution in [2.24, 2.45) is 11.1 Å². The Balaban J connectivity index is 1.72. The molecule has 1 heterocycles. The van der Waals surface area contributed by atoms with Gasteiger partial charge in [0.25, 0.3) is 0 Å². The predicted octanol–water partition coefficient (Wildman–Crippen LogP) is 2.57. The summed E-state index contributed by atoms with van der Waals surface area (Å²) in [5, 5.41) is 4.15. The summed E-state index contributed by atoms with van der Waals surface area (Å²) in [6.45, 7) is 2.95. The minimum atomic E-state index is 0.199. The zero-order chi connectivity index (χ0) is 12.6. The molecule has 0 saturated heterocycles. The van der Waals surface area contributed by atoms with Gasteiger partial charge in [0.2, 0.25) is 5.89 Å². The number of hydrogen-bond donors (Lipinski definition) is 1. The van der Waals surface area contributed by atoms with Crippen LogP contribution in [0.4, 0.5) is 0 Å². The summed E-state index contributed by atoms with van der Waals surface area (Å²) in [6, 6.07) is 0. The maximum atomic E-state index is 6.00. The SMILES string of the molecule is CC1(c2noc(CC3(CN)CCCCC3)n2)CC1. The van der Waals surface area contributed by atoms with Crippen LogP contribution >= 0.6 is 0 Å². The first-order valence-corrected chi connectivity index (χ1v) is 7.19. The summed E-state index contributed by atoms with van der Waals surface area (Å²) >= 11 is 0. The van der Waals surface area contributed by atoms with E-state index in [9.17, 15) is 0 Å². The Hall–Kier alpha value is -0.900. The van der Waals surface area contributed by atoms with Gasteiger partial charge in [-0.15, -0.1) is 0 Å². The van der Waals surface area contributed by atoms with Crippen LogP contribution in [0.25, 0.3) is 0 Å². The van der Waals surface area contributed by atoms with Crippen LogP contribution < -0.4 is 5.73 Å². The summed E-state index contributed by atoms with van der Waals surface area (Å²) in [4.78, 5) is 4.60. The van der Waals surface area contributed by atoms with Gasteiger partial charge in [0.1, 0.15) is 0 Å². The Labute approximate surface area is 108 Å². The molecule has 0 bridgehead atoms. The highest BCUT2D eigenvalue weighted by Gasteiger charge is 2.44. The molecule has 0 aromatic carbocycles. The molecule has 4 nitrogen and oxygen atoms in total. The van der Waals surface area contributed by atoms with Gasteiger partial charge in [-0.3, -0.25) is 0 Å². The molecule has 18 heavy (non-hydrogen) atoms. The minimum absolute atomic E-state index is 0.199. The molecule has 2 aliphatic carbocycles. The average Bonchev–Trinajstić information content (AvgIpc) is 2.97. The molecule has 2 N–H and O–H groups in total. The average molecular weight is 249 g/mol. The fourth-order valence-electron chi connectivity index (χ4n) is 3.06. The lowest BCUT2D eigenvalue weighted by atomic mass is 9.72. The second kappa shape index (κ2) is 4.34. The van der Waals surface area contributed by atoms with E-state index in [1.54, 1.807) is 0 Å². The van der Waals surface area contributed by atoms with Crippen LogP contribution in [0.1, 0.15) is 63.6 Å². The topological polar surface area (TPSA) is 64.9 Å². The van der Waals surface area contributed by atoms with Gasteiger partial charge in [-0.2, -0.15) is 4.98 Å². The second-order valence-electron chi connectivity index (χ2n) is 6.51. The fourth-order valence-corrected chi connectivity index (χ4v) is 3.06. The van der Waals surface area contributed by atoms with Gasteiger partial charge < -0.3 is 10.3 Å². The molecule has 0 radical (unpaired) electrons. The highest BCUT2D eigenvalue weighted by atomic mass is 16.5. The summed E-state index contributed by atoms with van der Waals surface area (Å²) in [6.07, 6.45) is 9.58. The van der Waals surface area contributed by atoms with E-state index in [0.29, 0.717) is 0 Å². The van der Waals surface area contributed by atoms with Crippen LogP contribution in [-0.4, -0.2) is 16.7 Å². The molecule has 2 saturated carbocycles. The van der Waals surface area contributed by atoms with Crippen molar-refractivity contribution < 1.29 is 4.52 Å². The molecule has 0 atom stereocenters. The maximum Gasteiger partial charge on any atom is 0.227 e. The lowest BCUT2D eigenvalue weighted by Gasteiger charge is -2.34. The molecule has 3 rings (SSSR count). The van der Waals surface area contributed by atoms with E-state index in [1.807, 2.05) is 0 Å². The van der Waals surface area contributed by atoms with E-state index >= 15 is 0 Å². The van der Waals surface area contributed by atoms with Gasteiger partial charge in [0.05, 0.1) is 0 Å². The van der Waals surface area contributed by atoms with Gasteiger partial charge in [0, 0.05) is 11.8 Å². The monoisotopic (exact) mass is 249 g/mol. The van der Waals surface area contributed by atoms with Crippen LogP contribution in [0.3, 0.4) is 0 Å². The standard InChI is InChI=1S/C14H23N3O/c1-13(7-8-13)12-16-11(18-17-12)9-14(10-15)5-3-2-4-6-14/h2-10,15H2,1H3. The molecule has 0 aliphatic heterocycles. The Morgan fingerprint density at radius 2 is 1.89 bits per heavy atom. The van der Waals surface area contributed by atoms with Crippen molar-refractivity contribution in [2.45, 2.75) is 63.7 Å². The number of nitrogens with zero attached hydrogens (tertiary/aromatic N) is 2. The third-order valence-electron chi connectivity index (χ3n) is 4.88. The van der Waals surface area contributed by atoms with Gasteiger partial charge in [-0.05, 0) is 37.6 Å². The Kier molecular flexibility index (Phi) is 2.93. The molecule has 2 fully saturated rings. The lowest BCUT2D eigenvalue weighted by molar-refractivity contribution is 0.177. The number of rotatable bonds is 4. The van der Waals surface area contributed by atoms with E-state index in [0.717, 1.165) is 24.7 Å². The molecular weight excluding hydrogens is 226 g/mol. The molecule has 2 aliphatic rings. The van der Waals surface area contributed by atoms with Gasteiger partial charge in [-0.25, -0.2) is 0 Å². The molecule has 100 valence electrons. The summed E-state index contributed by atoms with van der Waals surface area (Å²) < 4.78 is 5.44. The first-order valence-electron chi connectivity index (χ1n) is 7.19. The normalized spacial score (nSPS) is 25.0. The molecule has 1 aromatic rings. The highest BCUT2D eigenvalue weighted by Crippen LogP contribution is 2.46. The first kappa shape index (κ1) is 12.2. The third-order valence-corrected chi connectivity index (χ3v) is 4.88. The molecular formula is C14H23N3O. The molecule has 1 aromatic heterocycles. The van der Waals surface area contributed by atoms with Gasteiger partial charge in [0.15, 0.2) is 5.82 Å². The Morgan fingerprint density at radius 3 is 2.50 bits per heavy atom. The van der Waals surface area contributed by atoms with Crippen LogP contribution in [0.2, 0.25) is 0 Å². The largest absolute Gasteiger partial charge is 0.339 e. The zero-order valence-electron chi connectivity index (χ0n) is 11.2. The van der Waals surface area contributed by atoms with Crippen molar-refractivity contribution in [2.75, 3.05) is 6.54 Å². The third kappa shape index (κ3) is 2.18. The van der Waals surface area contributed by atoms with Crippen molar-refractivity contribution in [3.8, 4) is 0 Å². The molecule has 0 amide bonds. The highest BCUT2D eigenvalue weighted by molar-refractivity contribution is 5.14. The van der Waals surface area contributed by atoms with E-state index in [1.165, 1.54) is 44.9 Å². The van der Waals surface area contributed by atoms with Crippen LogP contribution in [-0.2, 0) is 11.8 Å². The predicted molar refractivity (Wildman–Crippen MR) is 69.2 cm³/mol.